The molecule has 4 aromatic rings. The summed E-state index contributed by atoms with van der Waals surface area (Å²) in [6, 6.07) is 5.47. The molecule has 1 atom stereocenters. The molecule has 1 aliphatic rings. The molecule has 5 heterocycles. The van der Waals surface area contributed by atoms with Crippen LogP contribution in [-0.2, 0) is 28.5 Å². The van der Waals surface area contributed by atoms with Gasteiger partial charge in [0.1, 0.15) is 18.2 Å². The topological polar surface area (TPSA) is 124 Å². The average Bonchev–Trinajstić information content (AvgIpc) is 3.67. The van der Waals surface area contributed by atoms with Crippen LogP contribution in [0, 0.1) is 12.8 Å². The number of fused-ring (bicyclic) bond motifs is 1. The Balaban J connectivity index is 1.34. The molecular weight excluding hydrogens is 565 g/mol. The number of anilines is 3. The molecule has 0 aromatic carbocycles. The van der Waals surface area contributed by atoms with Gasteiger partial charge in [-0.05, 0) is 31.9 Å². The van der Waals surface area contributed by atoms with E-state index in [1.807, 2.05) is 18.5 Å². The third kappa shape index (κ3) is 7.16. The first-order valence-corrected chi connectivity index (χ1v) is 14.9. The van der Waals surface area contributed by atoms with Gasteiger partial charge in [0.15, 0.2) is 17.2 Å². The maximum atomic E-state index is 12.9. The maximum absolute atomic E-state index is 12.9. The van der Waals surface area contributed by atoms with E-state index >= 15 is 0 Å². The van der Waals surface area contributed by atoms with Crippen LogP contribution in [0.4, 0.5) is 22.0 Å². The monoisotopic (exact) mass is 607 g/mol. The predicted octanol–water partition coefficient (Wildman–Crippen LogP) is 4.97. The van der Waals surface area contributed by atoms with Crippen LogP contribution in [0.2, 0.25) is 0 Å². The highest BCUT2D eigenvalue weighted by molar-refractivity contribution is 5.90. The molecule has 1 fully saturated rings. The number of carbonyl (C=O) groups is 1. The van der Waals surface area contributed by atoms with Crippen LogP contribution in [0.15, 0.2) is 30.6 Å². The van der Waals surface area contributed by atoms with Gasteiger partial charge in [0, 0.05) is 68.8 Å². The van der Waals surface area contributed by atoms with Gasteiger partial charge < -0.3 is 29.6 Å². The summed E-state index contributed by atoms with van der Waals surface area (Å²) >= 11 is 0. The number of nitrogens with zero attached hydrogens (tertiary/aromatic N) is 7. The van der Waals surface area contributed by atoms with Crippen molar-refractivity contribution in [1.29, 1.82) is 0 Å². The maximum Gasteiger partial charge on any atom is 0.227 e. The van der Waals surface area contributed by atoms with Crippen molar-refractivity contribution in [3.8, 4) is 11.5 Å². The molecule has 13 heteroatoms. The van der Waals surface area contributed by atoms with E-state index in [1.54, 1.807) is 31.6 Å². The summed E-state index contributed by atoms with van der Waals surface area (Å²) < 4.78 is 28.0. The van der Waals surface area contributed by atoms with Crippen LogP contribution >= 0.6 is 0 Å². The number of rotatable bonds is 12. The highest BCUT2D eigenvalue weighted by Crippen LogP contribution is 2.33. The molecule has 1 amide bonds. The average molecular weight is 608 g/mol. The van der Waals surface area contributed by atoms with E-state index in [0.717, 1.165) is 42.8 Å². The minimum Gasteiger partial charge on any atom is -0.455 e. The Hall–Kier alpha value is -4.10. The number of carbonyl (C=O) groups excluding carboxylic acids is 1. The number of hydrogen-bond donors (Lipinski definition) is 2. The molecule has 2 N–H and O–H groups in total. The van der Waals surface area contributed by atoms with Crippen molar-refractivity contribution in [2.45, 2.75) is 52.5 Å². The van der Waals surface area contributed by atoms with Crippen molar-refractivity contribution in [2.24, 2.45) is 13.0 Å². The van der Waals surface area contributed by atoms with Crippen LogP contribution in [0.1, 0.15) is 44.9 Å². The van der Waals surface area contributed by atoms with Crippen LogP contribution in [-0.4, -0.2) is 80.1 Å². The van der Waals surface area contributed by atoms with Gasteiger partial charge >= 0.3 is 0 Å². The van der Waals surface area contributed by atoms with Gasteiger partial charge in [-0.25, -0.2) is 14.4 Å². The lowest BCUT2D eigenvalue weighted by Crippen LogP contribution is -2.26. The SMILES string of the molecule is COCCC(=O)Nc1cc(Oc2cnc3nc(Nc4cc(C(C)(C)C)n(C[C@H]5CCN(CCF)C5)n4)n(C)c3c2C)ccn1. The quantitative estimate of drug-likeness (QED) is 0.230. The number of aryl methyl sites for hydroxylation is 2. The van der Waals surface area contributed by atoms with E-state index in [-0.39, 0.29) is 24.4 Å². The summed E-state index contributed by atoms with van der Waals surface area (Å²) in [6.07, 6.45) is 4.49. The summed E-state index contributed by atoms with van der Waals surface area (Å²) in [5, 5.41) is 11.1. The Bertz CT molecular complexity index is 1610. The largest absolute Gasteiger partial charge is 0.455 e. The van der Waals surface area contributed by atoms with Crippen molar-refractivity contribution >= 4 is 34.7 Å². The second-order valence-corrected chi connectivity index (χ2v) is 12.3. The lowest BCUT2D eigenvalue weighted by Gasteiger charge is -2.22. The van der Waals surface area contributed by atoms with E-state index in [2.05, 4.69) is 57.0 Å². The second-order valence-electron chi connectivity index (χ2n) is 12.3. The zero-order chi connectivity index (χ0) is 31.4. The zero-order valence-electron chi connectivity index (χ0n) is 26.4. The first-order valence-electron chi connectivity index (χ1n) is 14.9. The molecule has 1 aliphatic heterocycles. The number of halogens is 1. The molecular formula is C31H42FN9O3. The van der Waals surface area contributed by atoms with Crippen LogP contribution in [0.25, 0.3) is 11.2 Å². The Kier molecular flexibility index (Phi) is 9.45. The van der Waals surface area contributed by atoms with E-state index in [4.69, 9.17) is 19.6 Å². The number of ether oxygens (including phenoxy) is 2. The highest BCUT2D eigenvalue weighted by atomic mass is 19.1. The fourth-order valence-corrected chi connectivity index (χ4v) is 5.58. The van der Waals surface area contributed by atoms with Gasteiger partial charge in [-0.1, -0.05) is 20.8 Å². The Morgan fingerprint density at radius 1 is 1.20 bits per heavy atom. The molecule has 0 spiro atoms. The molecule has 0 radical (unpaired) electrons. The van der Waals surface area contributed by atoms with Crippen molar-refractivity contribution < 1.29 is 18.7 Å². The molecule has 1 saturated heterocycles. The number of amides is 1. The number of methoxy groups -OCH3 is 1. The van der Waals surface area contributed by atoms with E-state index < -0.39 is 0 Å². The van der Waals surface area contributed by atoms with Crippen LogP contribution in [0.3, 0.4) is 0 Å². The van der Waals surface area contributed by atoms with Crippen molar-refractivity contribution in [3.05, 3.63) is 41.9 Å². The molecule has 236 valence electrons. The Labute approximate surface area is 257 Å². The summed E-state index contributed by atoms with van der Waals surface area (Å²) in [5.41, 5.74) is 3.27. The molecule has 44 heavy (non-hydrogen) atoms. The van der Waals surface area contributed by atoms with Crippen molar-refractivity contribution in [3.63, 3.8) is 0 Å². The molecule has 0 saturated carbocycles. The third-order valence-corrected chi connectivity index (χ3v) is 7.86. The third-order valence-electron chi connectivity index (χ3n) is 7.86. The van der Waals surface area contributed by atoms with Crippen LogP contribution in [0.5, 0.6) is 11.5 Å². The number of hydrogen-bond acceptors (Lipinski definition) is 9. The number of nitrogens with one attached hydrogen (secondary N) is 2. The molecule has 0 aliphatic carbocycles. The lowest BCUT2D eigenvalue weighted by atomic mass is 9.92. The zero-order valence-corrected chi connectivity index (χ0v) is 26.4. The molecule has 5 rings (SSSR count). The van der Waals surface area contributed by atoms with Crippen molar-refractivity contribution in [1.82, 2.24) is 34.2 Å². The standard InChI is InChI=1S/C31H42FN9O3/c1-20-23(44-22-7-11-33-25(15-22)35-27(42)9-14-43-6)17-34-29-28(20)39(5)30(37-29)36-26-16-24(31(2,3)4)41(38-26)19-21-8-12-40(18-21)13-10-32/h7,11,15-17,21H,8-10,12-14,18-19H2,1-6H3,(H,33,35,42)(H,34,36,37,38)/t21-/m0/s1. The second kappa shape index (κ2) is 13.3. The van der Waals surface area contributed by atoms with Gasteiger partial charge in [0.05, 0.1) is 24.7 Å². The number of pyridine rings is 2. The van der Waals surface area contributed by atoms with E-state index in [1.165, 1.54) is 0 Å². The Morgan fingerprint density at radius 3 is 2.77 bits per heavy atom. The molecule has 0 bridgehead atoms. The van der Waals surface area contributed by atoms with Crippen molar-refractivity contribution in [2.75, 3.05) is 50.7 Å². The van der Waals surface area contributed by atoms with Gasteiger partial charge in [-0.15, -0.1) is 0 Å². The Morgan fingerprint density at radius 2 is 2.02 bits per heavy atom. The highest BCUT2D eigenvalue weighted by Gasteiger charge is 2.27. The van der Waals surface area contributed by atoms with Gasteiger partial charge in [-0.2, -0.15) is 10.1 Å². The van der Waals surface area contributed by atoms with Gasteiger partial charge in [0.25, 0.3) is 0 Å². The summed E-state index contributed by atoms with van der Waals surface area (Å²) in [5.74, 6) is 3.02. The number of likely N-dealkylation sites (tertiary alicyclic amines) is 1. The first-order chi connectivity index (χ1) is 21.0. The lowest BCUT2D eigenvalue weighted by molar-refractivity contribution is -0.117. The van der Waals surface area contributed by atoms with Crippen LogP contribution < -0.4 is 15.4 Å². The summed E-state index contributed by atoms with van der Waals surface area (Å²) in [4.78, 5) is 27.8. The van der Waals surface area contributed by atoms with E-state index in [0.29, 0.717) is 53.8 Å². The summed E-state index contributed by atoms with van der Waals surface area (Å²) in [6.45, 7) is 11.6. The molecule has 12 nitrogen and oxygen atoms in total. The fourth-order valence-electron chi connectivity index (χ4n) is 5.58. The smallest absolute Gasteiger partial charge is 0.227 e. The fraction of sp³-hybridized carbons (Fsp3) is 0.516. The minimum atomic E-state index is -0.310. The summed E-state index contributed by atoms with van der Waals surface area (Å²) in [7, 11) is 3.48. The number of imidazole rings is 1. The van der Waals surface area contributed by atoms with Gasteiger partial charge in [-0.3, -0.25) is 9.48 Å². The van der Waals surface area contributed by atoms with Gasteiger partial charge in [0.2, 0.25) is 11.9 Å². The normalized spacial score (nSPS) is 15.7. The number of alkyl halides is 1. The molecule has 4 aromatic heterocycles. The van der Waals surface area contributed by atoms with E-state index in [9.17, 15) is 9.18 Å². The molecule has 0 unspecified atom stereocenters. The minimum absolute atomic E-state index is 0.111. The number of aromatic nitrogens is 6. The predicted molar refractivity (Wildman–Crippen MR) is 167 cm³/mol. The first kappa shape index (κ1) is 31.3.